The Bertz CT molecular complexity index is 456. The molecule has 0 N–H and O–H groups in total. The van der Waals surface area contributed by atoms with E-state index in [9.17, 15) is 0 Å². The molecule has 68 valence electrons. The molecular weight excluding hydrogens is 194 g/mol. The van der Waals surface area contributed by atoms with Crippen LogP contribution in [0.15, 0.2) is 30.7 Å². The van der Waals surface area contributed by atoms with Crippen LogP contribution in [-0.2, 0) is 6.42 Å². The van der Waals surface area contributed by atoms with E-state index < -0.39 is 0 Å². The third kappa shape index (κ3) is 1.78. The first-order valence-electron chi connectivity index (χ1n) is 4.12. The topological polar surface area (TPSA) is 49.6 Å². The number of aromatic nitrogens is 2. The van der Waals surface area contributed by atoms with Crippen molar-refractivity contribution >= 4 is 11.3 Å². The van der Waals surface area contributed by atoms with Crippen molar-refractivity contribution in [1.82, 2.24) is 9.97 Å². The number of thiazole rings is 1. The highest BCUT2D eigenvalue weighted by atomic mass is 32.1. The molecule has 2 heterocycles. The molecule has 0 saturated heterocycles. The lowest BCUT2D eigenvalue weighted by Gasteiger charge is -1.91. The number of nitriles is 1. The van der Waals surface area contributed by atoms with Gasteiger partial charge in [0.15, 0.2) is 0 Å². The Kier molecular flexibility index (Phi) is 2.52. The molecule has 0 spiro atoms. The van der Waals surface area contributed by atoms with Crippen LogP contribution in [0.2, 0.25) is 0 Å². The van der Waals surface area contributed by atoms with Crippen molar-refractivity contribution in [1.29, 1.82) is 5.26 Å². The SMILES string of the molecule is N#CCc1cnc(-c2ccncc2)s1. The van der Waals surface area contributed by atoms with E-state index in [-0.39, 0.29) is 0 Å². The Morgan fingerprint density at radius 3 is 2.86 bits per heavy atom. The zero-order valence-electron chi connectivity index (χ0n) is 7.34. The van der Waals surface area contributed by atoms with Gasteiger partial charge in [0.05, 0.1) is 12.5 Å². The normalized spacial score (nSPS) is 9.64. The molecule has 0 fully saturated rings. The van der Waals surface area contributed by atoms with Gasteiger partial charge >= 0.3 is 0 Å². The predicted molar refractivity (Wildman–Crippen MR) is 54.7 cm³/mol. The summed E-state index contributed by atoms with van der Waals surface area (Å²) < 4.78 is 0. The van der Waals surface area contributed by atoms with Crippen LogP contribution in [0.5, 0.6) is 0 Å². The standard InChI is InChI=1S/C10H7N3S/c11-4-1-9-7-13-10(14-9)8-2-5-12-6-3-8/h2-3,5-7H,1H2. The minimum absolute atomic E-state index is 0.433. The molecule has 0 aromatic carbocycles. The molecular formula is C10H7N3S. The predicted octanol–water partition coefficient (Wildman–Crippen LogP) is 2.27. The highest BCUT2D eigenvalue weighted by molar-refractivity contribution is 7.15. The Hall–Kier alpha value is -1.73. The Balaban J connectivity index is 2.31. The summed E-state index contributed by atoms with van der Waals surface area (Å²) in [7, 11) is 0. The average molecular weight is 201 g/mol. The quantitative estimate of drug-likeness (QED) is 0.748. The van der Waals surface area contributed by atoms with Crippen molar-refractivity contribution < 1.29 is 0 Å². The van der Waals surface area contributed by atoms with E-state index in [0.29, 0.717) is 6.42 Å². The van der Waals surface area contributed by atoms with Crippen LogP contribution in [0.25, 0.3) is 10.6 Å². The zero-order chi connectivity index (χ0) is 9.80. The Morgan fingerprint density at radius 2 is 2.14 bits per heavy atom. The van der Waals surface area contributed by atoms with Gasteiger partial charge in [0.1, 0.15) is 5.01 Å². The van der Waals surface area contributed by atoms with Gasteiger partial charge in [-0.3, -0.25) is 4.98 Å². The van der Waals surface area contributed by atoms with Crippen molar-refractivity contribution in [3.8, 4) is 16.6 Å². The molecule has 3 nitrogen and oxygen atoms in total. The first kappa shape index (κ1) is 8.85. The van der Waals surface area contributed by atoms with Crippen molar-refractivity contribution in [3.05, 3.63) is 35.6 Å². The van der Waals surface area contributed by atoms with E-state index in [2.05, 4.69) is 16.0 Å². The number of nitrogens with zero attached hydrogens (tertiary/aromatic N) is 3. The second-order valence-electron chi connectivity index (χ2n) is 2.70. The Morgan fingerprint density at radius 1 is 1.36 bits per heavy atom. The molecule has 0 aliphatic rings. The zero-order valence-corrected chi connectivity index (χ0v) is 8.16. The number of hydrogen-bond donors (Lipinski definition) is 0. The fourth-order valence-corrected chi connectivity index (χ4v) is 1.94. The smallest absolute Gasteiger partial charge is 0.123 e. The van der Waals surface area contributed by atoms with E-state index in [1.165, 1.54) is 0 Å². The van der Waals surface area contributed by atoms with E-state index in [1.807, 2.05) is 12.1 Å². The highest BCUT2D eigenvalue weighted by Gasteiger charge is 2.03. The molecule has 0 atom stereocenters. The third-order valence-corrected chi connectivity index (χ3v) is 2.78. The van der Waals surface area contributed by atoms with Crippen LogP contribution >= 0.6 is 11.3 Å². The van der Waals surface area contributed by atoms with Crippen molar-refractivity contribution in [2.75, 3.05) is 0 Å². The van der Waals surface area contributed by atoms with Gasteiger partial charge in [-0.2, -0.15) is 5.26 Å². The molecule has 0 bridgehead atoms. The molecule has 0 aliphatic carbocycles. The molecule has 14 heavy (non-hydrogen) atoms. The first-order chi connectivity index (χ1) is 6.90. The van der Waals surface area contributed by atoms with Gasteiger partial charge in [0.2, 0.25) is 0 Å². The molecule has 0 saturated carbocycles. The summed E-state index contributed by atoms with van der Waals surface area (Å²) in [5, 5.41) is 9.46. The highest BCUT2D eigenvalue weighted by Crippen LogP contribution is 2.24. The largest absolute Gasteiger partial charge is 0.265 e. The molecule has 0 radical (unpaired) electrons. The fraction of sp³-hybridized carbons (Fsp3) is 0.100. The number of rotatable bonds is 2. The maximum atomic E-state index is 8.52. The molecule has 2 rings (SSSR count). The van der Waals surface area contributed by atoms with Gasteiger partial charge in [-0.25, -0.2) is 4.98 Å². The molecule has 0 amide bonds. The Labute approximate surface area is 85.7 Å². The second kappa shape index (κ2) is 3.99. The van der Waals surface area contributed by atoms with E-state index in [4.69, 9.17) is 5.26 Å². The third-order valence-electron chi connectivity index (χ3n) is 1.73. The van der Waals surface area contributed by atoms with E-state index >= 15 is 0 Å². The lowest BCUT2D eigenvalue weighted by molar-refractivity contribution is 1.28. The van der Waals surface area contributed by atoms with Crippen molar-refractivity contribution in [2.45, 2.75) is 6.42 Å². The van der Waals surface area contributed by atoms with Crippen LogP contribution < -0.4 is 0 Å². The van der Waals surface area contributed by atoms with Crippen molar-refractivity contribution in [2.24, 2.45) is 0 Å². The van der Waals surface area contributed by atoms with Crippen molar-refractivity contribution in [3.63, 3.8) is 0 Å². The fourth-order valence-electron chi connectivity index (χ4n) is 1.10. The summed E-state index contributed by atoms with van der Waals surface area (Å²) in [6.45, 7) is 0. The molecule has 2 aromatic rings. The lowest BCUT2D eigenvalue weighted by atomic mass is 10.3. The lowest BCUT2D eigenvalue weighted by Crippen LogP contribution is -1.74. The minimum Gasteiger partial charge on any atom is -0.265 e. The van der Waals surface area contributed by atoms with Crippen LogP contribution in [0, 0.1) is 11.3 Å². The summed E-state index contributed by atoms with van der Waals surface area (Å²) in [5.41, 5.74) is 1.05. The maximum Gasteiger partial charge on any atom is 0.123 e. The first-order valence-corrected chi connectivity index (χ1v) is 4.94. The molecule has 4 heteroatoms. The molecule has 0 aliphatic heterocycles. The van der Waals surface area contributed by atoms with Gasteiger partial charge in [-0.15, -0.1) is 11.3 Å². The summed E-state index contributed by atoms with van der Waals surface area (Å²) in [5.74, 6) is 0. The second-order valence-corrected chi connectivity index (χ2v) is 3.82. The number of hydrogen-bond acceptors (Lipinski definition) is 4. The van der Waals surface area contributed by atoms with Crippen LogP contribution in [-0.4, -0.2) is 9.97 Å². The van der Waals surface area contributed by atoms with Gasteiger partial charge in [0.25, 0.3) is 0 Å². The summed E-state index contributed by atoms with van der Waals surface area (Å²) >= 11 is 1.55. The van der Waals surface area contributed by atoms with Gasteiger partial charge < -0.3 is 0 Å². The average Bonchev–Trinajstić information content (AvgIpc) is 2.68. The van der Waals surface area contributed by atoms with Gasteiger partial charge in [-0.05, 0) is 12.1 Å². The molecule has 0 unspecified atom stereocenters. The molecule has 2 aromatic heterocycles. The van der Waals surface area contributed by atoms with E-state index in [0.717, 1.165) is 15.4 Å². The summed E-state index contributed by atoms with van der Waals surface area (Å²) in [4.78, 5) is 9.18. The van der Waals surface area contributed by atoms with Crippen LogP contribution in [0.1, 0.15) is 4.88 Å². The van der Waals surface area contributed by atoms with Crippen LogP contribution in [0.4, 0.5) is 0 Å². The van der Waals surface area contributed by atoms with E-state index in [1.54, 1.807) is 29.9 Å². The van der Waals surface area contributed by atoms with Gasteiger partial charge in [-0.1, -0.05) is 0 Å². The van der Waals surface area contributed by atoms with Crippen LogP contribution in [0.3, 0.4) is 0 Å². The summed E-state index contributed by atoms with van der Waals surface area (Å²) in [6, 6.07) is 5.93. The monoisotopic (exact) mass is 201 g/mol. The van der Waals surface area contributed by atoms with Gasteiger partial charge in [0, 0.05) is 29.0 Å². The maximum absolute atomic E-state index is 8.52. The minimum atomic E-state index is 0.433. The number of pyridine rings is 1. The summed E-state index contributed by atoms with van der Waals surface area (Å²) in [6.07, 6.45) is 5.66.